The summed E-state index contributed by atoms with van der Waals surface area (Å²) in [6, 6.07) is 12.0. The van der Waals surface area contributed by atoms with E-state index < -0.39 is 0 Å². The molecule has 3 aromatic rings. The Morgan fingerprint density at radius 2 is 2.03 bits per heavy atom. The van der Waals surface area contributed by atoms with Gasteiger partial charge in [-0.05, 0) is 49.6 Å². The summed E-state index contributed by atoms with van der Waals surface area (Å²) in [6.07, 6.45) is 3.76. The summed E-state index contributed by atoms with van der Waals surface area (Å²) in [6.45, 7) is 4.66. The number of aromatic nitrogens is 3. The number of nitrogens with zero attached hydrogens (tertiary/aromatic N) is 5. The molecule has 1 aliphatic rings. The number of benzene rings is 1. The van der Waals surface area contributed by atoms with Crippen LogP contribution in [-0.4, -0.2) is 64.7 Å². The molecule has 1 atom stereocenters. The minimum absolute atomic E-state index is 0.0670. The molecule has 3 heterocycles. The normalized spacial score (nSPS) is 15.7. The fraction of sp³-hybridized carbons (Fsp3) is 0.458. The molecule has 0 bridgehead atoms. The van der Waals surface area contributed by atoms with E-state index in [1.165, 1.54) is 11.8 Å². The van der Waals surface area contributed by atoms with Crippen molar-refractivity contribution in [3.8, 4) is 11.6 Å². The van der Waals surface area contributed by atoms with Crippen molar-refractivity contribution < 1.29 is 13.9 Å². The topological polar surface area (TPSA) is 76.6 Å². The van der Waals surface area contributed by atoms with Crippen molar-refractivity contribution in [3.63, 3.8) is 0 Å². The molecule has 33 heavy (non-hydrogen) atoms. The van der Waals surface area contributed by atoms with Crippen molar-refractivity contribution in [1.29, 1.82) is 0 Å². The molecule has 8 nitrogen and oxygen atoms in total. The molecule has 1 amide bonds. The smallest absolute Gasteiger partial charge is 0.233 e. The SMILES string of the molecule is CCn1c(SCC(=O)N(Cc2ccc(N(C)C)cc2)CC2CCCO2)nnc1-c1ccco1. The van der Waals surface area contributed by atoms with Gasteiger partial charge in [0.15, 0.2) is 16.7 Å². The van der Waals surface area contributed by atoms with Crippen LogP contribution in [0.4, 0.5) is 5.69 Å². The van der Waals surface area contributed by atoms with E-state index in [9.17, 15) is 4.79 Å². The quantitative estimate of drug-likeness (QED) is 0.417. The predicted molar refractivity (Wildman–Crippen MR) is 129 cm³/mol. The van der Waals surface area contributed by atoms with E-state index >= 15 is 0 Å². The van der Waals surface area contributed by atoms with Gasteiger partial charge in [0.05, 0.1) is 18.1 Å². The van der Waals surface area contributed by atoms with Crippen LogP contribution in [0.1, 0.15) is 25.3 Å². The molecule has 0 saturated carbocycles. The average molecular weight is 470 g/mol. The third-order valence-electron chi connectivity index (χ3n) is 5.73. The number of rotatable bonds is 10. The van der Waals surface area contributed by atoms with Gasteiger partial charge in [0.25, 0.3) is 0 Å². The summed E-state index contributed by atoms with van der Waals surface area (Å²) in [5.74, 6) is 1.70. The van der Waals surface area contributed by atoms with Gasteiger partial charge in [-0.2, -0.15) is 0 Å². The molecule has 1 unspecified atom stereocenters. The number of carbonyl (C=O) groups excluding carboxylic acids is 1. The molecule has 176 valence electrons. The number of carbonyl (C=O) groups is 1. The Morgan fingerprint density at radius 1 is 1.21 bits per heavy atom. The van der Waals surface area contributed by atoms with Crippen molar-refractivity contribution in [2.45, 2.75) is 44.1 Å². The Morgan fingerprint density at radius 3 is 2.67 bits per heavy atom. The van der Waals surface area contributed by atoms with Crippen LogP contribution in [-0.2, 0) is 22.6 Å². The molecular formula is C24H31N5O3S. The number of amides is 1. The second-order valence-corrected chi connectivity index (χ2v) is 9.23. The van der Waals surface area contributed by atoms with Gasteiger partial charge in [0, 0.05) is 46.0 Å². The van der Waals surface area contributed by atoms with E-state index in [1.54, 1.807) is 6.26 Å². The zero-order chi connectivity index (χ0) is 23.2. The van der Waals surface area contributed by atoms with Crippen molar-refractivity contribution in [3.05, 3.63) is 48.2 Å². The van der Waals surface area contributed by atoms with E-state index in [4.69, 9.17) is 9.15 Å². The van der Waals surface area contributed by atoms with Crippen molar-refractivity contribution >= 4 is 23.4 Å². The number of hydrogen-bond acceptors (Lipinski definition) is 7. The Balaban J connectivity index is 1.44. The lowest BCUT2D eigenvalue weighted by Crippen LogP contribution is -2.38. The first kappa shape index (κ1) is 23.4. The van der Waals surface area contributed by atoms with Gasteiger partial charge in [-0.1, -0.05) is 23.9 Å². The Labute approximate surface area is 198 Å². The standard InChI is InChI=1S/C24H31N5O3S/c1-4-29-23(21-8-6-14-32-21)25-26-24(29)33-17-22(30)28(16-20-7-5-13-31-20)15-18-9-11-19(12-10-18)27(2)3/h6,8-12,14,20H,4-5,7,13,15-17H2,1-3H3. The van der Waals surface area contributed by atoms with Crippen LogP contribution in [0, 0.1) is 0 Å². The average Bonchev–Trinajstić information content (AvgIpc) is 3.59. The van der Waals surface area contributed by atoms with E-state index in [0.29, 0.717) is 42.1 Å². The highest BCUT2D eigenvalue weighted by Crippen LogP contribution is 2.25. The second-order valence-electron chi connectivity index (χ2n) is 8.29. The van der Waals surface area contributed by atoms with Crippen molar-refractivity contribution in [2.24, 2.45) is 0 Å². The van der Waals surface area contributed by atoms with Gasteiger partial charge < -0.3 is 19.0 Å². The molecule has 0 radical (unpaired) electrons. The van der Waals surface area contributed by atoms with Gasteiger partial charge in [0.2, 0.25) is 5.91 Å². The third kappa shape index (κ3) is 5.78. The maximum atomic E-state index is 13.3. The van der Waals surface area contributed by atoms with E-state index in [2.05, 4.69) is 39.4 Å². The summed E-state index contributed by atoms with van der Waals surface area (Å²) in [7, 11) is 4.04. The van der Waals surface area contributed by atoms with Crippen molar-refractivity contribution in [2.75, 3.05) is 37.9 Å². The first-order valence-electron chi connectivity index (χ1n) is 11.3. The highest BCUT2D eigenvalue weighted by Gasteiger charge is 2.24. The van der Waals surface area contributed by atoms with E-state index in [0.717, 1.165) is 30.7 Å². The zero-order valence-electron chi connectivity index (χ0n) is 19.4. The molecule has 1 fully saturated rings. The molecule has 9 heteroatoms. The molecule has 0 N–H and O–H groups in total. The van der Waals surface area contributed by atoms with Gasteiger partial charge in [-0.25, -0.2) is 0 Å². The summed E-state index contributed by atoms with van der Waals surface area (Å²) in [5.41, 5.74) is 2.24. The minimum Gasteiger partial charge on any atom is -0.461 e. The third-order valence-corrected chi connectivity index (χ3v) is 6.68. The second kappa shape index (κ2) is 10.9. The lowest BCUT2D eigenvalue weighted by Gasteiger charge is -2.26. The molecule has 4 rings (SSSR count). The molecule has 1 aromatic carbocycles. The molecule has 2 aromatic heterocycles. The minimum atomic E-state index is 0.0670. The highest BCUT2D eigenvalue weighted by atomic mass is 32.2. The monoisotopic (exact) mass is 469 g/mol. The van der Waals surface area contributed by atoms with Crippen molar-refractivity contribution in [1.82, 2.24) is 19.7 Å². The zero-order valence-corrected chi connectivity index (χ0v) is 20.3. The molecule has 0 aliphatic carbocycles. The fourth-order valence-electron chi connectivity index (χ4n) is 3.89. The number of hydrogen-bond donors (Lipinski definition) is 0. The fourth-order valence-corrected chi connectivity index (χ4v) is 4.80. The predicted octanol–water partition coefficient (Wildman–Crippen LogP) is 3.92. The lowest BCUT2D eigenvalue weighted by molar-refractivity contribution is -0.130. The molecule has 1 aliphatic heterocycles. The first-order valence-corrected chi connectivity index (χ1v) is 12.3. The van der Waals surface area contributed by atoms with Crippen LogP contribution in [0.3, 0.4) is 0 Å². The number of thioether (sulfide) groups is 1. The largest absolute Gasteiger partial charge is 0.461 e. The van der Waals surface area contributed by atoms with E-state index in [1.807, 2.05) is 42.6 Å². The first-order chi connectivity index (χ1) is 16.0. The maximum Gasteiger partial charge on any atom is 0.233 e. The van der Waals surface area contributed by atoms with Crippen LogP contribution in [0.25, 0.3) is 11.6 Å². The Kier molecular flexibility index (Phi) is 7.72. The van der Waals surface area contributed by atoms with Crippen LogP contribution >= 0.6 is 11.8 Å². The highest BCUT2D eigenvalue weighted by molar-refractivity contribution is 7.99. The van der Waals surface area contributed by atoms with Gasteiger partial charge >= 0.3 is 0 Å². The molecular weight excluding hydrogens is 438 g/mol. The lowest BCUT2D eigenvalue weighted by atomic mass is 10.1. The van der Waals surface area contributed by atoms with Crippen LogP contribution in [0.15, 0.2) is 52.2 Å². The van der Waals surface area contributed by atoms with Gasteiger partial charge in [0.1, 0.15) is 0 Å². The van der Waals surface area contributed by atoms with Crippen LogP contribution in [0.2, 0.25) is 0 Å². The Hall–Kier alpha value is -2.78. The number of anilines is 1. The summed E-state index contributed by atoms with van der Waals surface area (Å²) >= 11 is 1.41. The van der Waals surface area contributed by atoms with Crippen LogP contribution in [0.5, 0.6) is 0 Å². The number of furan rings is 1. The summed E-state index contributed by atoms with van der Waals surface area (Å²) in [4.78, 5) is 17.3. The molecule has 0 spiro atoms. The Bertz CT molecular complexity index is 1030. The van der Waals surface area contributed by atoms with Gasteiger partial charge in [-0.3, -0.25) is 9.36 Å². The van der Waals surface area contributed by atoms with Crippen LogP contribution < -0.4 is 4.90 Å². The van der Waals surface area contributed by atoms with Gasteiger partial charge in [-0.15, -0.1) is 10.2 Å². The van der Waals surface area contributed by atoms with E-state index in [-0.39, 0.29) is 12.0 Å². The molecule has 1 saturated heterocycles. The maximum absolute atomic E-state index is 13.3. The summed E-state index contributed by atoms with van der Waals surface area (Å²) in [5, 5.41) is 9.29. The number of ether oxygens (including phenoxy) is 1. The summed E-state index contributed by atoms with van der Waals surface area (Å²) < 4.78 is 13.3.